The van der Waals surface area contributed by atoms with Crippen molar-refractivity contribution >= 4 is 35.1 Å². The number of ketones is 2. The number of imide groups is 1. The van der Waals surface area contributed by atoms with E-state index in [-0.39, 0.29) is 24.3 Å². The maximum absolute atomic E-state index is 14.1. The average Bonchev–Trinajstić information content (AvgIpc) is 3.61. The summed E-state index contributed by atoms with van der Waals surface area (Å²) < 4.78 is 10.9. The molecule has 0 unspecified atom stereocenters. The molecule has 0 N–H and O–H groups in total. The number of rotatable bonds is 4. The fourth-order valence-electron chi connectivity index (χ4n) is 6.18. The van der Waals surface area contributed by atoms with Crippen molar-refractivity contribution in [3.63, 3.8) is 0 Å². The molecule has 4 atom stereocenters. The van der Waals surface area contributed by atoms with E-state index in [4.69, 9.17) is 9.47 Å². The summed E-state index contributed by atoms with van der Waals surface area (Å²) in [6.07, 6.45) is 3.74. The van der Waals surface area contributed by atoms with Crippen LogP contribution in [0.4, 0.5) is 5.69 Å². The summed E-state index contributed by atoms with van der Waals surface area (Å²) in [5.41, 5.74) is 3.12. The topological polar surface area (TPSA) is 93.2 Å². The van der Waals surface area contributed by atoms with E-state index in [1.54, 1.807) is 42.5 Å². The minimum Gasteiger partial charge on any atom is -0.454 e. The molecular weight excluding hydrogens is 484 g/mol. The molecule has 0 aliphatic carbocycles. The molecule has 2 amide bonds. The van der Waals surface area contributed by atoms with Crippen LogP contribution in [0.2, 0.25) is 0 Å². The van der Waals surface area contributed by atoms with Crippen LogP contribution < -0.4 is 14.4 Å². The molecule has 0 radical (unpaired) electrons. The van der Waals surface area contributed by atoms with Gasteiger partial charge in [-0.3, -0.25) is 19.2 Å². The van der Waals surface area contributed by atoms with Gasteiger partial charge < -0.3 is 14.4 Å². The van der Waals surface area contributed by atoms with Gasteiger partial charge in [0.1, 0.15) is 6.04 Å². The van der Waals surface area contributed by atoms with Gasteiger partial charge in [-0.05, 0) is 66.6 Å². The second-order valence-corrected chi connectivity index (χ2v) is 9.88. The largest absolute Gasteiger partial charge is 0.454 e. The van der Waals surface area contributed by atoms with E-state index in [9.17, 15) is 19.2 Å². The first-order valence-electron chi connectivity index (χ1n) is 12.4. The molecule has 4 heterocycles. The highest BCUT2D eigenvalue weighted by atomic mass is 16.7. The number of Topliss-reactive ketones (excluding diaryl/α,β-unsaturated/α-hetero) is 2. The van der Waals surface area contributed by atoms with Crippen molar-refractivity contribution in [3.05, 3.63) is 95.2 Å². The summed E-state index contributed by atoms with van der Waals surface area (Å²) >= 11 is 0. The Labute approximate surface area is 218 Å². The van der Waals surface area contributed by atoms with Gasteiger partial charge in [-0.2, -0.15) is 0 Å². The lowest BCUT2D eigenvalue weighted by atomic mass is 9.83. The van der Waals surface area contributed by atoms with Gasteiger partial charge >= 0.3 is 0 Å². The van der Waals surface area contributed by atoms with Crippen LogP contribution in [0.1, 0.15) is 44.8 Å². The number of nitrogens with zero attached hydrogens (tertiary/aromatic N) is 2. The van der Waals surface area contributed by atoms with Gasteiger partial charge in [0.25, 0.3) is 0 Å². The van der Waals surface area contributed by atoms with Gasteiger partial charge in [0.2, 0.25) is 18.6 Å². The van der Waals surface area contributed by atoms with Crippen molar-refractivity contribution in [3.8, 4) is 11.5 Å². The van der Waals surface area contributed by atoms with Gasteiger partial charge in [-0.15, -0.1) is 0 Å². The molecule has 2 saturated heterocycles. The summed E-state index contributed by atoms with van der Waals surface area (Å²) in [7, 11) is 0. The molecule has 7 rings (SSSR count). The fraction of sp³-hybridized carbons (Fsp3) is 0.200. The number of carbonyl (C=O) groups is 4. The molecule has 3 aromatic rings. The summed E-state index contributed by atoms with van der Waals surface area (Å²) in [5.74, 6) is -1.74. The molecule has 8 heteroatoms. The van der Waals surface area contributed by atoms with E-state index in [0.717, 1.165) is 11.1 Å². The van der Waals surface area contributed by atoms with Crippen molar-refractivity contribution in [2.75, 3.05) is 11.7 Å². The number of carbonyl (C=O) groups excluding carboxylic acids is 4. The van der Waals surface area contributed by atoms with Crippen LogP contribution in [-0.2, 0) is 9.59 Å². The number of hydrogen-bond acceptors (Lipinski definition) is 7. The SMILES string of the molecule is CC(=O)c1ccc(N2C(=O)[C@@H]3[C@@H](C2=O)[C@H]2c4ccccc4C=CN2[C@@H]3C(=O)c2ccc3c(c2)OCO3)cc1. The quantitative estimate of drug-likeness (QED) is 0.390. The predicted octanol–water partition coefficient (Wildman–Crippen LogP) is 4.02. The Morgan fingerprint density at radius 2 is 1.55 bits per heavy atom. The van der Waals surface area contributed by atoms with Crippen molar-refractivity contribution in [2.24, 2.45) is 11.8 Å². The van der Waals surface area contributed by atoms with E-state index in [0.29, 0.717) is 28.3 Å². The molecule has 3 aromatic carbocycles. The zero-order valence-corrected chi connectivity index (χ0v) is 20.4. The lowest BCUT2D eigenvalue weighted by molar-refractivity contribution is -0.123. The van der Waals surface area contributed by atoms with Gasteiger partial charge in [0.15, 0.2) is 23.1 Å². The van der Waals surface area contributed by atoms with Crippen LogP contribution in [0.15, 0.2) is 72.9 Å². The van der Waals surface area contributed by atoms with Crippen molar-refractivity contribution in [1.82, 2.24) is 4.90 Å². The van der Waals surface area contributed by atoms with Crippen molar-refractivity contribution < 1.29 is 28.7 Å². The predicted molar refractivity (Wildman–Crippen MR) is 137 cm³/mol. The zero-order valence-electron chi connectivity index (χ0n) is 20.4. The van der Waals surface area contributed by atoms with Crippen LogP contribution in [0.25, 0.3) is 6.08 Å². The third-order valence-corrected chi connectivity index (χ3v) is 7.92. The van der Waals surface area contributed by atoms with Crippen molar-refractivity contribution in [2.45, 2.75) is 19.0 Å². The molecule has 8 nitrogen and oxygen atoms in total. The van der Waals surface area contributed by atoms with E-state index < -0.39 is 29.8 Å². The van der Waals surface area contributed by atoms with E-state index in [1.807, 2.05) is 41.4 Å². The highest BCUT2D eigenvalue weighted by Gasteiger charge is 2.64. The first kappa shape index (κ1) is 22.5. The average molecular weight is 507 g/mol. The third-order valence-electron chi connectivity index (χ3n) is 7.92. The highest BCUT2D eigenvalue weighted by Crippen LogP contribution is 2.54. The van der Waals surface area contributed by atoms with Gasteiger partial charge in [0, 0.05) is 17.3 Å². The van der Waals surface area contributed by atoms with Crippen LogP contribution in [0.5, 0.6) is 11.5 Å². The second kappa shape index (κ2) is 8.14. The summed E-state index contributed by atoms with van der Waals surface area (Å²) in [6, 6.07) is 17.8. The maximum atomic E-state index is 14.1. The molecule has 4 aliphatic rings. The van der Waals surface area contributed by atoms with E-state index in [1.165, 1.54) is 11.8 Å². The van der Waals surface area contributed by atoms with Gasteiger partial charge in [-0.1, -0.05) is 24.3 Å². The fourth-order valence-corrected chi connectivity index (χ4v) is 6.18. The Morgan fingerprint density at radius 3 is 2.34 bits per heavy atom. The Bertz CT molecular complexity index is 1580. The molecule has 0 spiro atoms. The van der Waals surface area contributed by atoms with Crippen LogP contribution >= 0.6 is 0 Å². The smallest absolute Gasteiger partial charge is 0.240 e. The Balaban J connectivity index is 1.34. The van der Waals surface area contributed by atoms with Crippen molar-refractivity contribution in [1.29, 1.82) is 0 Å². The minimum atomic E-state index is -0.882. The number of benzene rings is 3. The molecule has 2 fully saturated rings. The highest BCUT2D eigenvalue weighted by molar-refractivity contribution is 6.24. The van der Waals surface area contributed by atoms with Gasteiger partial charge in [0.05, 0.1) is 23.6 Å². The standard InChI is InChI=1S/C30H22N2O6/c1-16(33)17-6-9-20(10-7-17)32-29(35)24-25(30(32)36)27(28(34)19-8-11-22-23(14-19)38-15-37-22)31-13-12-18-4-2-3-5-21(18)26(24)31/h2-14,24-27H,15H2,1H3/t24-,25-,26-,27+/m1/s1. The van der Waals surface area contributed by atoms with Crippen LogP contribution in [-0.4, -0.2) is 41.1 Å². The molecule has 4 aliphatic heterocycles. The zero-order chi connectivity index (χ0) is 26.1. The number of ether oxygens (including phenoxy) is 2. The van der Waals surface area contributed by atoms with Gasteiger partial charge in [-0.25, -0.2) is 4.90 Å². The summed E-state index contributed by atoms with van der Waals surface area (Å²) in [5, 5.41) is 0. The number of fused-ring (bicyclic) bond motifs is 6. The maximum Gasteiger partial charge on any atom is 0.240 e. The summed E-state index contributed by atoms with van der Waals surface area (Å²) in [6.45, 7) is 1.54. The normalized spacial score (nSPS) is 24.3. The van der Waals surface area contributed by atoms with E-state index in [2.05, 4.69) is 0 Å². The first-order chi connectivity index (χ1) is 18.4. The Morgan fingerprint density at radius 1 is 0.842 bits per heavy atom. The monoisotopic (exact) mass is 506 g/mol. The molecule has 188 valence electrons. The van der Waals surface area contributed by atoms with Crippen LogP contribution in [0.3, 0.4) is 0 Å². The third kappa shape index (κ3) is 3.09. The number of anilines is 1. The molecular formula is C30H22N2O6. The Kier molecular flexibility index (Phi) is 4.82. The minimum absolute atomic E-state index is 0.0825. The molecule has 0 bridgehead atoms. The summed E-state index contributed by atoms with van der Waals surface area (Å²) in [4.78, 5) is 56.9. The Hall–Kier alpha value is -4.72. The van der Waals surface area contributed by atoms with Crippen LogP contribution in [0, 0.1) is 11.8 Å². The molecule has 0 aromatic heterocycles. The van der Waals surface area contributed by atoms with E-state index >= 15 is 0 Å². The molecule has 38 heavy (non-hydrogen) atoms. The lowest BCUT2D eigenvalue weighted by Crippen LogP contribution is -2.44. The second-order valence-electron chi connectivity index (χ2n) is 9.88. The lowest BCUT2D eigenvalue weighted by Gasteiger charge is -2.35. The number of amides is 2. The number of hydrogen-bond donors (Lipinski definition) is 0. The first-order valence-corrected chi connectivity index (χ1v) is 12.4. The molecule has 0 saturated carbocycles.